The molecule has 64 valence electrons. The fourth-order valence-electron chi connectivity index (χ4n) is 1.53. The number of nitrogens with zero attached hydrogens (tertiary/aromatic N) is 1. The van der Waals surface area contributed by atoms with Crippen LogP contribution in [-0.4, -0.2) is 4.98 Å². The van der Waals surface area contributed by atoms with Gasteiger partial charge in [-0.3, -0.25) is 4.98 Å². The van der Waals surface area contributed by atoms with Crippen molar-refractivity contribution >= 4 is 17.0 Å². The summed E-state index contributed by atoms with van der Waals surface area (Å²) >= 11 is 0. The van der Waals surface area contributed by atoms with Crippen LogP contribution in [-0.2, 0) is 0 Å². The zero-order valence-electron chi connectivity index (χ0n) is 7.62. The van der Waals surface area contributed by atoms with Gasteiger partial charge < -0.3 is 0 Å². The molecule has 0 aliphatic carbocycles. The second-order valence-electron chi connectivity index (χ2n) is 3.08. The molecule has 0 bridgehead atoms. The molecule has 0 fully saturated rings. The van der Waals surface area contributed by atoms with Crippen molar-refractivity contribution in [3.63, 3.8) is 0 Å². The molecule has 0 atom stereocenters. The summed E-state index contributed by atoms with van der Waals surface area (Å²) in [7, 11) is 0. The first kappa shape index (κ1) is 7.99. The smallest absolute Gasteiger partial charge is 0.0776 e. The zero-order valence-corrected chi connectivity index (χ0v) is 7.62. The molecule has 1 aromatic carbocycles. The number of aromatic nitrogens is 1. The summed E-state index contributed by atoms with van der Waals surface area (Å²) < 4.78 is 0. The van der Waals surface area contributed by atoms with Gasteiger partial charge in [0.25, 0.3) is 0 Å². The number of hydrogen-bond acceptors (Lipinski definition) is 1. The fourth-order valence-corrected chi connectivity index (χ4v) is 1.53. The molecule has 1 nitrogen and oxygen atoms in total. The van der Waals surface area contributed by atoms with Gasteiger partial charge in [0.05, 0.1) is 5.52 Å². The molecule has 0 N–H and O–H groups in total. The summed E-state index contributed by atoms with van der Waals surface area (Å²) in [6.45, 7) is 5.88. The van der Waals surface area contributed by atoms with E-state index < -0.39 is 0 Å². The van der Waals surface area contributed by atoms with Crippen LogP contribution >= 0.6 is 0 Å². The highest BCUT2D eigenvalue weighted by Crippen LogP contribution is 2.20. The fraction of sp³-hybridized carbons (Fsp3) is 0.0833. The molecule has 0 aliphatic heterocycles. The summed E-state index contributed by atoms with van der Waals surface area (Å²) in [6, 6.07) is 8.20. The van der Waals surface area contributed by atoms with Crippen molar-refractivity contribution in [3.8, 4) is 0 Å². The summed E-state index contributed by atoms with van der Waals surface area (Å²) in [4.78, 5) is 4.34. The van der Waals surface area contributed by atoms with Crippen molar-refractivity contribution in [2.75, 3.05) is 0 Å². The SMILES string of the molecule is C=Cc1c(C)ccc2cccnc12. The molecule has 0 saturated heterocycles. The monoisotopic (exact) mass is 169 g/mol. The molecular formula is C12H11N. The van der Waals surface area contributed by atoms with Crippen LogP contribution in [0.25, 0.3) is 17.0 Å². The van der Waals surface area contributed by atoms with Gasteiger partial charge in [0.2, 0.25) is 0 Å². The Morgan fingerprint density at radius 2 is 2.15 bits per heavy atom. The number of hydrogen-bond donors (Lipinski definition) is 0. The van der Waals surface area contributed by atoms with Crippen LogP contribution in [0.1, 0.15) is 11.1 Å². The van der Waals surface area contributed by atoms with Crippen molar-refractivity contribution in [3.05, 3.63) is 48.2 Å². The summed E-state index contributed by atoms with van der Waals surface area (Å²) in [5, 5.41) is 1.17. The van der Waals surface area contributed by atoms with Crippen molar-refractivity contribution in [1.82, 2.24) is 4.98 Å². The molecule has 13 heavy (non-hydrogen) atoms. The van der Waals surface area contributed by atoms with Gasteiger partial charge in [-0.25, -0.2) is 0 Å². The Balaban J connectivity index is 2.91. The molecule has 1 aromatic heterocycles. The Hall–Kier alpha value is -1.63. The van der Waals surface area contributed by atoms with Crippen LogP contribution in [0, 0.1) is 6.92 Å². The molecule has 0 amide bonds. The molecule has 2 aromatic rings. The predicted molar refractivity (Wildman–Crippen MR) is 56.6 cm³/mol. The standard InChI is InChI=1S/C12H11N/c1-3-11-9(2)6-7-10-5-4-8-13-12(10)11/h3-8H,1H2,2H3. The highest BCUT2D eigenvalue weighted by Gasteiger charge is 2.00. The largest absolute Gasteiger partial charge is 0.256 e. The second kappa shape index (κ2) is 3.02. The van der Waals surface area contributed by atoms with Crippen molar-refractivity contribution in [1.29, 1.82) is 0 Å². The Morgan fingerprint density at radius 1 is 1.31 bits per heavy atom. The van der Waals surface area contributed by atoms with Crippen molar-refractivity contribution in [2.24, 2.45) is 0 Å². The highest BCUT2D eigenvalue weighted by molar-refractivity contribution is 5.88. The maximum absolute atomic E-state index is 4.34. The Morgan fingerprint density at radius 3 is 2.92 bits per heavy atom. The summed E-state index contributed by atoms with van der Waals surface area (Å²) in [5.41, 5.74) is 3.40. The molecule has 0 unspecified atom stereocenters. The lowest BCUT2D eigenvalue weighted by Gasteiger charge is -2.03. The minimum absolute atomic E-state index is 1.04. The Kier molecular flexibility index (Phi) is 1.85. The number of aryl methyl sites for hydroxylation is 1. The van der Waals surface area contributed by atoms with E-state index in [1.54, 1.807) is 0 Å². The minimum atomic E-state index is 1.04. The van der Waals surface area contributed by atoms with E-state index in [2.05, 4.69) is 36.7 Å². The molecule has 1 heterocycles. The van der Waals surface area contributed by atoms with Gasteiger partial charge in [-0.15, -0.1) is 0 Å². The van der Waals surface area contributed by atoms with Crippen LogP contribution in [0.15, 0.2) is 37.0 Å². The van der Waals surface area contributed by atoms with Crippen LogP contribution in [0.2, 0.25) is 0 Å². The van der Waals surface area contributed by atoms with E-state index in [9.17, 15) is 0 Å². The normalized spacial score (nSPS) is 10.2. The first-order chi connectivity index (χ1) is 6.33. The minimum Gasteiger partial charge on any atom is -0.256 e. The van der Waals surface area contributed by atoms with E-state index in [1.807, 2.05) is 18.3 Å². The Bertz CT molecular complexity index is 458. The van der Waals surface area contributed by atoms with Crippen molar-refractivity contribution < 1.29 is 0 Å². The molecule has 2 rings (SSSR count). The maximum atomic E-state index is 4.34. The zero-order chi connectivity index (χ0) is 9.26. The van der Waals surface area contributed by atoms with E-state index in [-0.39, 0.29) is 0 Å². The number of benzene rings is 1. The van der Waals surface area contributed by atoms with Gasteiger partial charge in [0.1, 0.15) is 0 Å². The second-order valence-corrected chi connectivity index (χ2v) is 3.08. The molecular weight excluding hydrogens is 158 g/mol. The molecule has 0 radical (unpaired) electrons. The molecule has 1 heteroatoms. The third-order valence-corrected chi connectivity index (χ3v) is 2.24. The van der Waals surface area contributed by atoms with Crippen molar-refractivity contribution in [2.45, 2.75) is 6.92 Å². The number of pyridine rings is 1. The average Bonchev–Trinajstić information content (AvgIpc) is 2.18. The van der Waals surface area contributed by atoms with Gasteiger partial charge in [-0.2, -0.15) is 0 Å². The lowest BCUT2D eigenvalue weighted by atomic mass is 10.0. The topological polar surface area (TPSA) is 12.9 Å². The van der Waals surface area contributed by atoms with Crippen LogP contribution < -0.4 is 0 Å². The number of fused-ring (bicyclic) bond motifs is 1. The van der Waals surface area contributed by atoms with E-state index in [4.69, 9.17) is 0 Å². The highest BCUT2D eigenvalue weighted by atomic mass is 14.6. The molecule has 0 spiro atoms. The first-order valence-electron chi connectivity index (χ1n) is 4.29. The van der Waals surface area contributed by atoms with Crippen LogP contribution in [0.4, 0.5) is 0 Å². The lowest BCUT2D eigenvalue weighted by Crippen LogP contribution is -1.85. The third kappa shape index (κ3) is 1.22. The summed E-state index contributed by atoms with van der Waals surface area (Å²) in [6.07, 6.45) is 3.68. The van der Waals surface area contributed by atoms with Gasteiger partial charge >= 0.3 is 0 Å². The lowest BCUT2D eigenvalue weighted by molar-refractivity contribution is 1.37. The van der Waals surface area contributed by atoms with Gasteiger partial charge in [0.15, 0.2) is 0 Å². The average molecular weight is 169 g/mol. The molecule has 0 aliphatic rings. The maximum Gasteiger partial charge on any atom is 0.0776 e. The van der Waals surface area contributed by atoms with Crippen LogP contribution in [0.3, 0.4) is 0 Å². The first-order valence-corrected chi connectivity index (χ1v) is 4.29. The predicted octanol–water partition coefficient (Wildman–Crippen LogP) is 3.19. The van der Waals surface area contributed by atoms with E-state index in [0.717, 1.165) is 11.1 Å². The van der Waals surface area contributed by atoms with Gasteiger partial charge in [-0.1, -0.05) is 30.9 Å². The quantitative estimate of drug-likeness (QED) is 0.638. The van der Waals surface area contributed by atoms with E-state index in [0.29, 0.717) is 0 Å². The van der Waals surface area contributed by atoms with E-state index >= 15 is 0 Å². The van der Waals surface area contributed by atoms with Crippen LogP contribution in [0.5, 0.6) is 0 Å². The number of rotatable bonds is 1. The molecule has 0 saturated carbocycles. The Labute approximate surface area is 77.7 Å². The van der Waals surface area contributed by atoms with Gasteiger partial charge in [-0.05, 0) is 18.6 Å². The summed E-state index contributed by atoms with van der Waals surface area (Å²) in [5.74, 6) is 0. The van der Waals surface area contributed by atoms with E-state index in [1.165, 1.54) is 10.9 Å². The third-order valence-electron chi connectivity index (χ3n) is 2.24. The van der Waals surface area contributed by atoms with Gasteiger partial charge in [0, 0.05) is 17.1 Å².